The summed E-state index contributed by atoms with van der Waals surface area (Å²) in [5, 5.41) is 8.26. The van der Waals surface area contributed by atoms with E-state index in [2.05, 4.69) is 10.2 Å². The minimum Gasteiger partial charge on any atom is -0.385 e. The highest BCUT2D eigenvalue weighted by Crippen LogP contribution is 2.23. The van der Waals surface area contributed by atoms with E-state index in [1.54, 1.807) is 0 Å². The third kappa shape index (κ3) is 2.42. The van der Waals surface area contributed by atoms with Gasteiger partial charge in [0.1, 0.15) is 21.5 Å². The molecule has 1 aliphatic rings. The van der Waals surface area contributed by atoms with Crippen LogP contribution < -0.4 is 5.73 Å². The average molecular weight is 280 g/mol. The molecule has 0 amide bonds. The molecular weight excluding hydrogens is 264 g/mol. The summed E-state index contributed by atoms with van der Waals surface area (Å²) in [4.78, 5) is 0. The molecule has 1 aliphatic heterocycles. The molecule has 102 valence electrons. The zero-order chi connectivity index (χ0) is 13.5. The number of nitrogen functional groups attached to an aromatic ring is 1. The predicted molar refractivity (Wildman–Crippen MR) is 72.5 cm³/mol. The monoisotopic (exact) mass is 280 g/mol. The minimum absolute atomic E-state index is 0.282. The highest BCUT2D eigenvalue weighted by Gasteiger charge is 2.25. The van der Waals surface area contributed by atoms with Crippen molar-refractivity contribution in [1.29, 1.82) is 0 Å². The number of anilines is 1. The Morgan fingerprint density at radius 1 is 1.26 bits per heavy atom. The number of nitrogens with two attached hydrogens (primary N) is 1. The SMILES string of the molecule is Nc1cccc2nnc(CC3CCS(=O)(=O)CC3)n12. The van der Waals surface area contributed by atoms with E-state index in [4.69, 9.17) is 5.73 Å². The first-order chi connectivity index (χ1) is 9.05. The van der Waals surface area contributed by atoms with Crippen molar-refractivity contribution < 1.29 is 8.42 Å². The summed E-state index contributed by atoms with van der Waals surface area (Å²) in [6, 6.07) is 5.51. The minimum atomic E-state index is -2.81. The topological polar surface area (TPSA) is 90.3 Å². The van der Waals surface area contributed by atoms with Crippen LogP contribution in [0.5, 0.6) is 0 Å². The first kappa shape index (κ1) is 12.4. The number of rotatable bonds is 2. The molecule has 1 saturated heterocycles. The quantitative estimate of drug-likeness (QED) is 0.873. The second-order valence-electron chi connectivity index (χ2n) is 5.06. The fourth-order valence-electron chi connectivity index (χ4n) is 2.56. The lowest BCUT2D eigenvalue weighted by Gasteiger charge is -2.21. The Hall–Kier alpha value is -1.63. The van der Waals surface area contributed by atoms with Crippen molar-refractivity contribution in [2.75, 3.05) is 17.2 Å². The number of nitrogens with zero attached hydrogens (tertiary/aromatic N) is 3. The van der Waals surface area contributed by atoms with E-state index < -0.39 is 9.84 Å². The van der Waals surface area contributed by atoms with Crippen LogP contribution in [0.1, 0.15) is 18.7 Å². The maximum Gasteiger partial charge on any atom is 0.162 e. The van der Waals surface area contributed by atoms with Crippen molar-refractivity contribution in [1.82, 2.24) is 14.6 Å². The Labute approximate surface area is 111 Å². The van der Waals surface area contributed by atoms with Gasteiger partial charge < -0.3 is 5.73 Å². The second-order valence-corrected chi connectivity index (χ2v) is 7.36. The van der Waals surface area contributed by atoms with Crippen LogP contribution in [0.4, 0.5) is 5.82 Å². The van der Waals surface area contributed by atoms with Crippen molar-refractivity contribution in [2.24, 2.45) is 5.92 Å². The Morgan fingerprint density at radius 2 is 2.00 bits per heavy atom. The molecule has 0 saturated carbocycles. The third-order valence-corrected chi connectivity index (χ3v) is 5.39. The standard InChI is InChI=1S/C12H16N4O2S/c13-10-2-1-3-11-14-15-12(16(10)11)8-9-4-6-19(17,18)7-5-9/h1-3,9H,4-8,13H2. The summed E-state index contributed by atoms with van der Waals surface area (Å²) in [5.41, 5.74) is 6.67. The molecule has 2 aromatic heterocycles. The third-order valence-electron chi connectivity index (χ3n) is 3.67. The summed E-state index contributed by atoms with van der Waals surface area (Å²) in [7, 11) is -2.81. The lowest BCUT2D eigenvalue weighted by atomic mass is 9.98. The van der Waals surface area contributed by atoms with E-state index in [1.807, 2.05) is 22.6 Å². The molecule has 19 heavy (non-hydrogen) atoms. The molecule has 6 nitrogen and oxygen atoms in total. The maximum atomic E-state index is 11.4. The number of pyridine rings is 1. The van der Waals surface area contributed by atoms with Gasteiger partial charge in [-0.25, -0.2) is 8.42 Å². The van der Waals surface area contributed by atoms with Crippen LogP contribution in [-0.2, 0) is 16.3 Å². The van der Waals surface area contributed by atoms with Crippen LogP contribution in [-0.4, -0.2) is 34.5 Å². The van der Waals surface area contributed by atoms with E-state index in [9.17, 15) is 8.42 Å². The van der Waals surface area contributed by atoms with E-state index in [0.717, 1.165) is 17.9 Å². The van der Waals surface area contributed by atoms with Gasteiger partial charge in [-0.3, -0.25) is 4.40 Å². The molecule has 3 rings (SSSR count). The molecule has 0 aromatic carbocycles. The Morgan fingerprint density at radius 3 is 2.74 bits per heavy atom. The van der Waals surface area contributed by atoms with Crippen molar-refractivity contribution in [3.8, 4) is 0 Å². The molecule has 0 spiro atoms. The van der Waals surface area contributed by atoms with Crippen molar-refractivity contribution in [3.05, 3.63) is 24.0 Å². The second kappa shape index (κ2) is 4.48. The van der Waals surface area contributed by atoms with Crippen molar-refractivity contribution >= 4 is 21.3 Å². The smallest absolute Gasteiger partial charge is 0.162 e. The van der Waals surface area contributed by atoms with Gasteiger partial charge in [-0.05, 0) is 30.9 Å². The largest absolute Gasteiger partial charge is 0.385 e. The normalized spacial score (nSPS) is 19.8. The molecular formula is C12H16N4O2S. The number of fused-ring (bicyclic) bond motifs is 1. The molecule has 1 fully saturated rings. The molecule has 2 aromatic rings. The predicted octanol–water partition coefficient (Wildman–Crippen LogP) is 0.679. The van der Waals surface area contributed by atoms with Crippen LogP contribution in [0, 0.1) is 5.92 Å². The van der Waals surface area contributed by atoms with Crippen molar-refractivity contribution in [2.45, 2.75) is 19.3 Å². The van der Waals surface area contributed by atoms with Gasteiger partial charge >= 0.3 is 0 Å². The number of hydrogen-bond acceptors (Lipinski definition) is 5. The first-order valence-electron chi connectivity index (χ1n) is 6.34. The molecule has 2 N–H and O–H groups in total. The highest BCUT2D eigenvalue weighted by atomic mass is 32.2. The Kier molecular flexibility index (Phi) is 2.93. The van der Waals surface area contributed by atoms with Gasteiger partial charge in [0.2, 0.25) is 0 Å². The molecule has 7 heteroatoms. The summed E-state index contributed by atoms with van der Waals surface area (Å²) in [6.07, 6.45) is 2.12. The Balaban J connectivity index is 1.83. The van der Waals surface area contributed by atoms with Gasteiger partial charge in [0, 0.05) is 6.42 Å². The van der Waals surface area contributed by atoms with Gasteiger partial charge in [0.25, 0.3) is 0 Å². The lowest BCUT2D eigenvalue weighted by molar-refractivity contribution is 0.453. The first-order valence-corrected chi connectivity index (χ1v) is 8.16. The lowest BCUT2D eigenvalue weighted by Crippen LogP contribution is -2.25. The molecule has 0 bridgehead atoms. The maximum absolute atomic E-state index is 11.4. The number of aromatic nitrogens is 3. The summed E-state index contributed by atoms with van der Waals surface area (Å²) in [6.45, 7) is 0. The van der Waals surface area contributed by atoms with Gasteiger partial charge in [0.05, 0.1) is 11.5 Å². The molecule has 0 aliphatic carbocycles. The zero-order valence-corrected chi connectivity index (χ0v) is 11.3. The van der Waals surface area contributed by atoms with Crippen LogP contribution in [0.25, 0.3) is 5.65 Å². The van der Waals surface area contributed by atoms with Gasteiger partial charge in [0.15, 0.2) is 5.65 Å². The van der Waals surface area contributed by atoms with Crippen LogP contribution >= 0.6 is 0 Å². The van der Waals surface area contributed by atoms with E-state index in [1.165, 1.54) is 0 Å². The highest BCUT2D eigenvalue weighted by molar-refractivity contribution is 7.91. The van der Waals surface area contributed by atoms with Crippen molar-refractivity contribution in [3.63, 3.8) is 0 Å². The Bertz CT molecular complexity index is 694. The summed E-state index contributed by atoms with van der Waals surface area (Å²) in [5.74, 6) is 2.34. The molecule has 0 radical (unpaired) electrons. The average Bonchev–Trinajstić information content (AvgIpc) is 2.77. The fraction of sp³-hybridized carbons (Fsp3) is 0.500. The number of sulfone groups is 1. The van der Waals surface area contributed by atoms with E-state index >= 15 is 0 Å². The molecule has 0 atom stereocenters. The van der Waals surface area contributed by atoms with Gasteiger partial charge in [-0.2, -0.15) is 0 Å². The molecule has 3 heterocycles. The van der Waals surface area contributed by atoms with Crippen LogP contribution in [0.15, 0.2) is 18.2 Å². The summed E-state index contributed by atoms with van der Waals surface area (Å²) >= 11 is 0. The number of hydrogen-bond donors (Lipinski definition) is 1. The van der Waals surface area contributed by atoms with Gasteiger partial charge in [-0.1, -0.05) is 6.07 Å². The van der Waals surface area contributed by atoms with E-state index in [0.29, 0.717) is 24.6 Å². The molecule has 0 unspecified atom stereocenters. The van der Waals surface area contributed by atoms with Crippen LogP contribution in [0.2, 0.25) is 0 Å². The zero-order valence-electron chi connectivity index (χ0n) is 10.5. The van der Waals surface area contributed by atoms with Crippen LogP contribution in [0.3, 0.4) is 0 Å². The summed E-state index contributed by atoms with van der Waals surface area (Å²) < 4.78 is 24.7. The van der Waals surface area contributed by atoms with Gasteiger partial charge in [-0.15, -0.1) is 10.2 Å². The fourth-order valence-corrected chi connectivity index (χ4v) is 4.15. The van der Waals surface area contributed by atoms with E-state index in [-0.39, 0.29) is 11.5 Å².